The molecule has 2 atom stereocenters. The van der Waals surface area contributed by atoms with E-state index in [1.165, 1.54) is 0 Å². The maximum absolute atomic E-state index is 12.0. The highest BCUT2D eigenvalue weighted by molar-refractivity contribution is 5.94. The molecule has 33 heavy (non-hydrogen) atoms. The summed E-state index contributed by atoms with van der Waals surface area (Å²) < 4.78 is 18.0. The normalized spacial score (nSPS) is 13.9. The largest absolute Gasteiger partial charge is 0.511 e. The van der Waals surface area contributed by atoms with Gasteiger partial charge in [0.25, 0.3) is 0 Å². The Morgan fingerprint density at radius 2 is 1.88 bits per heavy atom. The van der Waals surface area contributed by atoms with Crippen molar-refractivity contribution in [3.8, 4) is 6.07 Å². The molecule has 1 heterocycles. The predicted octanol–water partition coefficient (Wildman–Crippen LogP) is 5.76. The van der Waals surface area contributed by atoms with Crippen molar-refractivity contribution in [3.05, 3.63) is 65.5 Å². The number of aryl methyl sites for hydroxylation is 2. The van der Waals surface area contributed by atoms with Crippen molar-refractivity contribution in [1.29, 1.82) is 5.26 Å². The Morgan fingerprint density at radius 1 is 1.24 bits per heavy atom. The molecule has 2 aromatic rings. The van der Waals surface area contributed by atoms with Gasteiger partial charge in [-0.2, -0.15) is 10.4 Å². The average Bonchev–Trinajstić information content (AvgIpc) is 3.09. The first kappa shape index (κ1) is 25.7. The standard InChI is InChI=1S/C26H33N3O4/c1-9-17(2)16-31-25(30)33-19(4)32-24(23-14-18(3)28-29(23)8)22(15-27)20-10-12-21(13-11-20)26(5,6)7/h9-14,17,19H,1,16H2,2-8H3/b24-22-. The number of nitrogens with zero attached hydrogens (tertiary/aromatic N) is 3. The summed E-state index contributed by atoms with van der Waals surface area (Å²) in [6.45, 7) is 15.5. The molecule has 0 radical (unpaired) electrons. The van der Waals surface area contributed by atoms with Gasteiger partial charge < -0.3 is 14.2 Å². The molecule has 0 N–H and O–H groups in total. The molecule has 0 bridgehead atoms. The van der Waals surface area contributed by atoms with Crippen LogP contribution < -0.4 is 0 Å². The van der Waals surface area contributed by atoms with Crippen molar-refractivity contribution in [2.24, 2.45) is 13.0 Å². The van der Waals surface area contributed by atoms with E-state index < -0.39 is 12.4 Å². The predicted molar refractivity (Wildman–Crippen MR) is 128 cm³/mol. The van der Waals surface area contributed by atoms with Crippen molar-refractivity contribution in [2.75, 3.05) is 6.61 Å². The minimum atomic E-state index is -1.00. The van der Waals surface area contributed by atoms with Gasteiger partial charge in [0.05, 0.1) is 5.69 Å². The summed E-state index contributed by atoms with van der Waals surface area (Å²) in [6, 6.07) is 11.8. The van der Waals surface area contributed by atoms with Crippen LogP contribution in [-0.4, -0.2) is 28.8 Å². The maximum atomic E-state index is 12.0. The van der Waals surface area contributed by atoms with Crippen LogP contribution in [0.2, 0.25) is 0 Å². The third kappa shape index (κ3) is 6.98. The van der Waals surface area contributed by atoms with E-state index in [2.05, 4.69) is 38.5 Å². The first-order valence-electron chi connectivity index (χ1n) is 10.8. The van der Waals surface area contributed by atoms with Gasteiger partial charge in [0, 0.05) is 19.9 Å². The van der Waals surface area contributed by atoms with E-state index >= 15 is 0 Å². The number of aromatic nitrogens is 2. The van der Waals surface area contributed by atoms with E-state index in [0.717, 1.165) is 11.3 Å². The molecule has 176 valence electrons. The molecule has 0 saturated heterocycles. The highest BCUT2D eigenvalue weighted by Gasteiger charge is 2.23. The lowest BCUT2D eigenvalue weighted by Gasteiger charge is -2.21. The molecule has 0 spiro atoms. The van der Waals surface area contributed by atoms with Crippen molar-refractivity contribution >= 4 is 17.5 Å². The Kier molecular flexibility index (Phi) is 8.47. The zero-order valence-electron chi connectivity index (χ0n) is 20.5. The van der Waals surface area contributed by atoms with Gasteiger partial charge in [0.2, 0.25) is 6.29 Å². The lowest BCUT2D eigenvalue weighted by molar-refractivity contribution is -0.0684. The summed E-state index contributed by atoms with van der Waals surface area (Å²) in [6.07, 6.45) is -0.174. The minimum absolute atomic E-state index is 0.00270. The Balaban J connectivity index is 2.40. The Morgan fingerprint density at radius 3 is 2.36 bits per heavy atom. The van der Waals surface area contributed by atoms with Crippen LogP contribution in [0.3, 0.4) is 0 Å². The summed E-state index contributed by atoms with van der Waals surface area (Å²) in [4.78, 5) is 12.0. The Bertz CT molecular complexity index is 1050. The second-order valence-electron chi connectivity index (χ2n) is 9.02. The van der Waals surface area contributed by atoms with Crippen LogP contribution in [0.25, 0.3) is 11.3 Å². The number of ether oxygens (including phenoxy) is 3. The fraction of sp³-hybridized carbons (Fsp3) is 0.423. The minimum Gasteiger partial charge on any atom is -0.451 e. The van der Waals surface area contributed by atoms with Gasteiger partial charge in [0.15, 0.2) is 5.76 Å². The number of rotatable bonds is 8. The van der Waals surface area contributed by atoms with Gasteiger partial charge in [-0.05, 0) is 29.5 Å². The SMILES string of the molecule is C=CC(C)COC(=O)OC(C)O/C(=C(/C#N)c1ccc(C(C)(C)C)cc1)c1cc(C)nn1C. The zero-order valence-corrected chi connectivity index (χ0v) is 20.5. The lowest BCUT2D eigenvalue weighted by atomic mass is 9.86. The molecule has 0 aliphatic heterocycles. The van der Waals surface area contributed by atoms with Gasteiger partial charge in [0.1, 0.15) is 23.9 Å². The number of hydrogen-bond donors (Lipinski definition) is 0. The number of carbonyl (C=O) groups is 1. The molecular weight excluding hydrogens is 418 g/mol. The molecule has 0 aliphatic carbocycles. The van der Waals surface area contributed by atoms with Gasteiger partial charge in [-0.3, -0.25) is 4.68 Å². The van der Waals surface area contributed by atoms with Crippen LogP contribution in [0, 0.1) is 24.2 Å². The van der Waals surface area contributed by atoms with Gasteiger partial charge in [-0.1, -0.05) is 58.0 Å². The van der Waals surface area contributed by atoms with E-state index in [-0.39, 0.29) is 23.7 Å². The zero-order chi connectivity index (χ0) is 24.8. The third-order valence-corrected chi connectivity index (χ3v) is 5.03. The molecule has 1 aromatic heterocycles. The molecule has 2 rings (SSSR count). The van der Waals surface area contributed by atoms with E-state index in [9.17, 15) is 10.1 Å². The fourth-order valence-electron chi connectivity index (χ4n) is 3.08. The summed E-state index contributed by atoms with van der Waals surface area (Å²) in [5.41, 5.74) is 3.49. The molecular formula is C26H33N3O4. The molecule has 7 heteroatoms. The summed E-state index contributed by atoms with van der Waals surface area (Å²) in [5.74, 6) is 0.270. The van der Waals surface area contributed by atoms with Crippen LogP contribution in [0.1, 0.15) is 57.1 Å². The van der Waals surface area contributed by atoms with Crippen LogP contribution in [0.4, 0.5) is 4.79 Å². The van der Waals surface area contributed by atoms with E-state index in [1.807, 2.05) is 44.2 Å². The van der Waals surface area contributed by atoms with Crippen LogP contribution in [-0.2, 0) is 26.7 Å². The van der Waals surface area contributed by atoms with Crippen LogP contribution >= 0.6 is 0 Å². The summed E-state index contributed by atoms with van der Waals surface area (Å²) in [7, 11) is 1.76. The number of hydrogen-bond acceptors (Lipinski definition) is 6. The number of benzene rings is 1. The van der Waals surface area contributed by atoms with Crippen LogP contribution in [0.5, 0.6) is 0 Å². The third-order valence-electron chi connectivity index (χ3n) is 5.03. The van der Waals surface area contributed by atoms with E-state index in [1.54, 1.807) is 24.7 Å². The first-order valence-corrected chi connectivity index (χ1v) is 10.8. The Labute approximate surface area is 196 Å². The number of carbonyl (C=O) groups excluding carboxylic acids is 1. The molecule has 0 aliphatic rings. The fourth-order valence-corrected chi connectivity index (χ4v) is 3.08. The molecule has 7 nitrogen and oxygen atoms in total. The highest BCUT2D eigenvalue weighted by Crippen LogP contribution is 2.31. The number of nitriles is 1. The second kappa shape index (κ2) is 10.9. The Hall–Kier alpha value is -3.53. The monoisotopic (exact) mass is 451 g/mol. The smallest absolute Gasteiger partial charge is 0.451 e. The maximum Gasteiger partial charge on any atom is 0.511 e. The topological polar surface area (TPSA) is 86.4 Å². The molecule has 1 aromatic carbocycles. The van der Waals surface area contributed by atoms with Crippen molar-refractivity contribution in [1.82, 2.24) is 9.78 Å². The van der Waals surface area contributed by atoms with E-state index in [0.29, 0.717) is 16.8 Å². The van der Waals surface area contributed by atoms with Crippen molar-refractivity contribution < 1.29 is 19.0 Å². The first-order chi connectivity index (χ1) is 15.5. The van der Waals surface area contributed by atoms with E-state index in [4.69, 9.17) is 14.2 Å². The van der Waals surface area contributed by atoms with Gasteiger partial charge in [-0.15, -0.1) is 6.58 Å². The number of allylic oxidation sites excluding steroid dienone is 1. The molecule has 0 fully saturated rings. The molecule has 0 amide bonds. The quantitative estimate of drug-likeness (QED) is 0.167. The molecule has 2 unspecified atom stereocenters. The van der Waals surface area contributed by atoms with Crippen LogP contribution in [0.15, 0.2) is 43.0 Å². The summed E-state index contributed by atoms with van der Waals surface area (Å²) >= 11 is 0. The summed E-state index contributed by atoms with van der Waals surface area (Å²) in [5, 5.41) is 14.4. The van der Waals surface area contributed by atoms with Crippen molar-refractivity contribution in [3.63, 3.8) is 0 Å². The molecule has 0 saturated carbocycles. The van der Waals surface area contributed by atoms with Gasteiger partial charge in [-0.25, -0.2) is 4.79 Å². The highest BCUT2D eigenvalue weighted by atomic mass is 16.8. The van der Waals surface area contributed by atoms with Gasteiger partial charge >= 0.3 is 6.16 Å². The average molecular weight is 452 g/mol. The lowest BCUT2D eigenvalue weighted by Crippen LogP contribution is -2.21. The van der Waals surface area contributed by atoms with Crippen molar-refractivity contribution in [2.45, 2.75) is 53.2 Å². The second-order valence-corrected chi connectivity index (χ2v) is 9.02.